The topological polar surface area (TPSA) is 81.5 Å². The zero-order valence-electron chi connectivity index (χ0n) is 14.9. The molecule has 2 rings (SSSR count). The molecule has 0 heterocycles. The fourth-order valence-corrected chi connectivity index (χ4v) is 2.88. The molecule has 26 heavy (non-hydrogen) atoms. The third-order valence-corrected chi connectivity index (χ3v) is 4.49. The van der Waals surface area contributed by atoms with E-state index in [4.69, 9.17) is 4.74 Å². The highest BCUT2D eigenvalue weighted by Gasteiger charge is 2.22. The van der Waals surface area contributed by atoms with Gasteiger partial charge in [-0.05, 0) is 41.7 Å². The summed E-state index contributed by atoms with van der Waals surface area (Å²) in [6.07, 6.45) is 0.795. The monoisotopic (exact) mass is 420 g/mol. The van der Waals surface area contributed by atoms with E-state index in [1.807, 2.05) is 24.3 Å². The molecule has 1 amide bonds. The van der Waals surface area contributed by atoms with E-state index in [1.165, 1.54) is 30.9 Å². The number of nitrogens with zero attached hydrogens (tertiary/aromatic N) is 1. The Balaban J connectivity index is 2.04. The second kappa shape index (κ2) is 8.31. The minimum atomic E-state index is -0.562. The molecule has 0 aliphatic heterocycles. The van der Waals surface area contributed by atoms with Gasteiger partial charge in [-0.15, -0.1) is 0 Å². The lowest BCUT2D eigenvalue weighted by atomic mass is 9.85. The van der Waals surface area contributed by atoms with Crippen LogP contribution in [-0.2, 0) is 6.42 Å². The van der Waals surface area contributed by atoms with Crippen LogP contribution in [0.4, 0.5) is 5.69 Å². The van der Waals surface area contributed by atoms with E-state index in [-0.39, 0.29) is 28.3 Å². The number of hydrogen-bond acceptors (Lipinski definition) is 4. The van der Waals surface area contributed by atoms with Crippen LogP contribution in [0.3, 0.4) is 0 Å². The molecule has 0 spiro atoms. The second-order valence-electron chi connectivity index (χ2n) is 6.79. The van der Waals surface area contributed by atoms with Crippen molar-refractivity contribution in [3.8, 4) is 5.75 Å². The molecule has 0 unspecified atom stereocenters. The summed E-state index contributed by atoms with van der Waals surface area (Å²) in [4.78, 5) is 22.9. The lowest BCUT2D eigenvalue weighted by Crippen LogP contribution is -2.35. The van der Waals surface area contributed by atoms with E-state index in [9.17, 15) is 14.9 Å². The molecule has 138 valence electrons. The smallest absolute Gasteiger partial charge is 0.311 e. The summed E-state index contributed by atoms with van der Waals surface area (Å²) in [6, 6.07) is 12.2. The number of nitrogens with one attached hydrogen (secondary N) is 1. The number of benzene rings is 2. The molecule has 0 aliphatic rings. The Morgan fingerprint density at radius 2 is 1.88 bits per heavy atom. The molecule has 0 atom stereocenters. The lowest BCUT2D eigenvalue weighted by molar-refractivity contribution is -0.385. The Morgan fingerprint density at radius 1 is 1.23 bits per heavy atom. The molecule has 0 saturated heterocycles. The van der Waals surface area contributed by atoms with Crippen molar-refractivity contribution in [2.24, 2.45) is 5.41 Å². The van der Waals surface area contributed by atoms with Gasteiger partial charge in [-0.2, -0.15) is 0 Å². The molecule has 7 heteroatoms. The summed E-state index contributed by atoms with van der Waals surface area (Å²) in [5.74, 6) is -0.221. The van der Waals surface area contributed by atoms with Gasteiger partial charge < -0.3 is 10.1 Å². The summed E-state index contributed by atoms with van der Waals surface area (Å²) in [6.45, 7) is 4.57. The van der Waals surface area contributed by atoms with E-state index < -0.39 is 4.92 Å². The highest BCUT2D eigenvalue weighted by molar-refractivity contribution is 9.10. The predicted molar refractivity (Wildman–Crippen MR) is 104 cm³/mol. The highest BCUT2D eigenvalue weighted by atomic mass is 79.9. The molecule has 1 N–H and O–H groups in total. The van der Waals surface area contributed by atoms with Gasteiger partial charge >= 0.3 is 5.69 Å². The van der Waals surface area contributed by atoms with Crippen molar-refractivity contribution in [3.05, 3.63) is 68.2 Å². The third-order valence-electron chi connectivity index (χ3n) is 3.96. The van der Waals surface area contributed by atoms with Crippen molar-refractivity contribution < 1.29 is 14.5 Å². The number of hydrogen-bond donors (Lipinski definition) is 1. The van der Waals surface area contributed by atoms with Crippen LogP contribution in [0.15, 0.2) is 46.9 Å². The maximum absolute atomic E-state index is 12.4. The normalized spacial score (nSPS) is 11.1. The van der Waals surface area contributed by atoms with Crippen LogP contribution in [-0.4, -0.2) is 24.5 Å². The molecule has 0 fully saturated rings. The third kappa shape index (κ3) is 5.29. The summed E-state index contributed by atoms with van der Waals surface area (Å²) >= 11 is 3.41. The van der Waals surface area contributed by atoms with Crippen LogP contribution in [0.2, 0.25) is 0 Å². The van der Waals surface area contributed by atoms with E-state index in [0.717, 1.165) is 10.9 Å². The van der Waals surface area contributed by atoms with Gasteiger partial charge in [0, 0.05) is 22.6 Å². The van der Waals surface area contributed by atoms with Gasteiger partial charge in [0.1, 0.15) is 0 Å². The Kier molecular flexibility index (Phi) is 6.37. The SMILES string of the molecule is COc1ccc(C(=O)NCC(C)(C)Cc2ccc(Br)cc2)cc1[N+](=O)[O-]. The van der Waals surface area contributed by atoms with Gasteiger partial charge in [0.05, 0.1) is 12.0 Å². The Labute approximate surface area is 160 Å². The average molecular weight is 421 g/mol. The van der Waals surface area contributed by atoms with Gasteiger partial charge in [-0.3, -0.25) is 14.9 Å². The zero-order chi connectivity index (χ0) is 19.3. The number of amides is 1. The Morgan fingerprint density at radius 3 is 2.46 bits per heavy atom. The van der Waals surface area contributed by atoms with Crippen LogP contribution < -0.4 is 10.1 Å². The molecule has 2 aromatic rings. The van der Waals surface area contributed by atoms with Gasteiger partial charge in [0.2, 0.25) is 0 Å². The standard InChI is InChI=1S/C19H21BrN2O4/c1-19(2,11-13-4-7-15(20)8-5-13)12-21-18(23)14-6-9-17(26-3)16(10-14)22(24)25/h4-10H,11-12H2,1-3H3,(H,21,23). The number of ether oxygens (including phenoxy) is 1. The molecule has 0 saturated carbocycles. The quantitative estimate of drug-likeness (QED) is 0.532. The summed E-state index contributed by atoms with van der Waals surface area (Å²) in [5.41, 5.74) is 1.01. The van der Waals surface area contributed by atoms with E-state index >= 15 is 0 Å². The average Bonchev–Trinajstić information content (AvgIpc) is 2.61. The first-order valence-electron chi connectivity index (χ1n) is 8.07. The van der Waals surface area contributed by atoms with Crippen LogP contribution in [0.1, 0.15) is 29.8 Å². The molecule has 0 aromatic heterocycles. The van der Waals surface area contributed by atoms with Gasteiger partial charge in [0.25, 0.3) is 5.91 Å². The van der Waals surface area contributed by atoms with Crippen molar-refractivity contribution in [3.63, 3.8) is 0 Å². The molecular formula is C19H21BrN2O4. The van der Waals surface area contributed by atoms with Crippen LogP contribution >= 0.6 is 15.9 Å². The van der Waals surface area contributed by atoms with Crippen LogP contribution in [0.25, 0.3) is 0 Å². The van der Waals surface area contributed by atoms with Gasteiger partial charge in [-0.25, -0.2) is 0 Å². The number of nitro groups is 1. The fourth-order valence-electron chi connectivity index (χ4n) is 2.61. The largest absolute Gasteiger partial charge is 0.490 e. The lowest BCUT2D eigenvalue weighted by Gasteiger charge is -2.25. The molecule has 6 nitrogen and oxygen atoms in total. The maximum atomic E-state index is 12.4. The second-order valence-corrected chi connectivity index (χ2v) is 7.71. The Bertz CT molecular complexity index is 804. The minimum Gasteiger partial charge on any atom is -0.490 e. The van der Waals surface area contributed by atoms with Crippen molar-refractivity contribution in [1.29, 1.82) is 0 Å². The van der Waals surface area contributed by atoms with E-state index in [0.29, 0.717) is 6.54 Å². The first-order chi connectivity index (χ1) is 12.2. The molecule has 2 aromatic carbocycles. The Hall–Kier alpha value is -2.41. The van der Waals surface area contributed by atoms with Gasteiger partial charge in [-0.1, -0.05) is 41.9 Å². The van der Waals surface area contributed by atoms with Crippen LogP contribution in [0, 0.1) is 15.5 Å². The fraction of sp³-hybridized carbons (Fsp3) is 0.316. The minimum absolute atomic E-state index is 0.127. The summed E-state index contributed by atoms with van der Waals surface area (Å²) in [7, 11) is 1.35. The van der Waals surface area contributed by atoms with E-state index in [2.05, 4.69) is 35.1 Å². The van der Waals surface area contributed by atoms with Crippen LogP contribution in [0.5, 0.6) is 5.75 Å². The number of halogens is 1. The molecule has 0 aliphatic carbocycles. The molecule has 0 bridgehead atoms. The number of rotatable bonds is 7. The number of carbonyl (C=O) groups is 1. The molecular weight excluding hydrogens is 400 g/mol. The van der Waals surface area contributed by atoms with Gasteiger partial charge in [0.15, 0.2) is 5.75 Å². The first kappa shape index (κ1) is 19.9. The summed E-state index contributed by atoms with van der Waals surface area (Å²) in [5, 5.41) is 14.0. The predicted octanol–water partition coefficient (Wildman–Crippen LogP) is 4.36. The summed E-state index contributed by atoms with van der Waals surface area (Å²) < 4.78 is 5.98. The van der Waals surface area contributed by atoms with Crippen molar-refractivity contribution >= 4 is 27.5 Å². The van der Waals surface area contributed by atoms with E-state index in [1.54, 1.807) is 0 Å². The zero-order valence-corrected chi connectivity index (χ0v) is 16.5. The maximum Gasteiger partial charge on any atom is 0.311 e. The van der Waals surface area contributed by atoms with Crippen molar-refractivity contribution in [2.45, 2.75) is 20.3 Å². The number of methoxy groups -OCH3 is 1. The number of carbonyl (C=O) groups excluding carboxylic acids is 1. The number of nitro benzene ring substituents is 1. The van der Waals surface area contributed by atoms with Crippen molar-refractivity contribution in [2.75, 3.05) is 13.7 Å². The van der Waals surface area contributed by atoms with Crippen molar-refractivity contribution in [1.82, 2.24) is 5.32 Å². The highest BCUT2D eigenvalue weighted by Crippen LogP contribution is 2.28. The first-order valence-corrected chi connectivity index (χ1v) is 8.86. The molecule has 0 radical (unpaired) electrons.